The molecule has 1 aromatic carbocycles. The third kappa shape index (κ3) is 1.26. The minimum absolute atomic E-state index is 0.128. The third-order valence-corrected chi connectivity index (χ3v) is 5.64. The van der Waals surface area contributed by atoms with Crippen molar-refractivity contribution in [2.45, 2.75) is 37.5 Å². The predicted octanol–water partition coefficient (Wildman–Crippen LogP) is 2.63. The molecule has 20 heavy (non-hydrogen) atoms. The van der Waals surface area contributed by atoms with Crippen molar-refractivity contribution >= 4 is 11.8 Å². The first kappa shape index (κ1) is 12.1. The van der Waals surface area contributed by atoms with Crippen LogP contribution < -0.4 is 0 Å². The van der Waals surface area contributed by atoms with E-state index in [9.17, 15) is 9.59 Å². The van der Waals surface area contributed by atoms with Gasteiger partial charge in [0.2, 0.25) is 0 Å². The van der Waals surface area contributed by atoms with Gasteiger partial charge in [0.25, 0.3) is 0 Å². The summed E-state index contributed by atoms with van der Waals surface area (Å²) in [7, 11) is 1.43. The maximum atomic E-state index is 13.0. The first-order valence-corrected chi connectivity index (χ1v) is 7.26. The van der Waals surface area contributed by atoms with Crippen LogP contribution >= 0.6 is 0 Å². The van der Waals surface area contributed by atoms with Gasteiger partial charge in [-0.3, -0.25) is 9.59 Å². The van der Waals surface area contributed by atoms with Gasteiger partial charge in [-0.1, -0.05) is 30.3 Å². The number of ether oxygens (including phenoxy) is 1. The zero-order valence-electron chi connectivity index (χ0n) is 11.6. The van der Waals surface area contributed by atoms with E-state index in [1.165, 1.54) is 7.11 Å². The van der Waals surface area contributed by atoms with Gasteiger partial charge in [-0.25, -0.2) is 0 Å². The molecule has 0 aliphatic heterocycles. The Labute approximate surface area is 118 Å². The Balaban J connectivity index is 1.56. The molecule has 5 rings (SSSR count). The number of ketones is 1. The molecule has 1 aromatic rings. The molecule has 0 unspecified atom stereocenters. The Bertz CT molecular complexity index is 578. The van der Waals surface area contributed by atoms with Crippen LogP contribution in [0.2, 0.25) is 0 Å². The lowest BCUT2D eigenvalue weighted by Crippen LogP contribution is -2.70. The Morgan fingerprint density at radius 2 is 1.60 bits per heavy atom. The van der Waals surface area contributed by atoms with E-state index < -0.39 is 0 Å². The molecule has 0 radical (unpaired) electrons. The van der Waals surface area contributed by atoms with E-state index >= 15 is 0 Å². The number of hydrogen-bond acceptors (Lipinski definition) is 3. The van der Waals surface area contributed by atoms with Crippen molar-refractivity contribution in [3.05, 3.63) is 35.9 Å². The number of Topliss-reactive ketones (excluding diaryl/α,β-unsaturated/α-hetero) is 1. The topological polar surface area (TPSA) is 43.4 Å². The zero-order chi connectivity index (χ0) is 14.0. The van der Waals surface area contributed by atoms with Crippen molar-refractivity contribution in [3.8, 4) is 0 Å². The Morgan fingerprint density at radius 1 is 1.00 bits per heavy atom. The van der Waals surface area contributed by atoms with Crippen LogP contribution in [0, 0.1) is 10.8 Å². The normalized spacial score (nSPS) is 35.5. The van der Waals surface area contributed by atoms with Gasteiger partial charge in [0.15, 0.2) is 0 Å². The first-order valence-electron chi connectivity index (χ1n) is 7.26. The summed E-state index contributed by atoms with van der Waals surface area (Å²) >= 11 is 0. The second-order valence-electron chi connectivity index (χ2n) is 6.86. The van der Waals surface area contributed by atoms with Crippen molar-refractivity contribution in [2.24, 2.45) is 10.8 Å². The summed E-state index contributed by atoms with van der Waals surface area (Å²) in [5.41, 5.74) is 0.364. The summed E-state index contributed by atoms with van der Waals surface area (Å²) in [6.07, 6.45) is 4.05. The van der Waals surface area contributed by atoms with Crippen LogP contribution in [-0.4, -0.2) is 18.9 Å². The molecule has 4 saturated carbocycles. The number of carbonyl (C=O) groups is 2. The number of rotatable bonds is 4. The zero-order valence-corrected chi connectivity index (χ0v) is 11.6. The molecule has 0 spiro atoms. The molecule has 4 aliphatic rings. The van der Waals surface area contributed by atoms with Crippen LogP contribution in [0.25, 0.3) is 0 Å². The van der Waals surface area contributed by atoms with E-state index in [0.29, 0.717) is 25.0 Å². The lowest BCUT2D eigenvalue weighted by Gasteiger charge is -2.68. The highest BCUT2D eigenvalue weighted by Gasteiger charge is 2.78. The minimum Gasteiger partial charge on any atom is -0.469 e. The molecular formula is C17H18O3. The smallest absolute Gasteiger partial charge is 0.311 e. The molecule has 0 amide bonds. The minimum atomic E-state index is -0.322. The van der Waals surface area contributed by atoms with Crippen molar-refractivity contribution in [1.82, 2.24) is 0 Å². The van der Waals surface area contributed by atoms with Crippen molar-refractivity contribution in [2.75, 3.05) is 7.11 Å². The number of hydrogen-bond donors (Lipinski definition) is 0. The van der Waals surface area contributed by atoms with Crippen LogP contribution in [0.4, 0.5) is 0 Å². The molecule has 0 heterocycles. The van der Waals surface area contributed by atoms with E-state index in [1.807, 2.05) is 18.2 Å². The molecule has 0 N–H and O–H groups in total. The molecule has 3 heteroatoms. The highest BCUT2D eigenvalue weighted by Crippen LogP contribution is 2.76. The average molecular weight is 270 g/mol. The van der Waals surface area contributed by atoms with Gasteiger partial charge >= 0.3 is 5.97 Å². The summed E-state index contributed by atoms with van der Waals surface area (Å²) in [5, 5.41) is 0. The van der Waals surface area contributed by atoms with Crippen LogP contribution in [-0.2, 0) is 19.7 Å². The summed E-state index contributed by atoms with van der Waals surface area (Å²) in [4.78, 5) is 24.7. The van der Waals surface area contributed by atoms with Crippen molar-refractivity contribution in [3.63, 3.8) is 0 Å². The van der Waals surface area contributed by atoms with Crippen molar-refractivity contribution < 1.29 is 14.3 Å². The van der Waals surface area contributed by atoms with E-state index in [2.05, 4.69) is 12.1 Å². The number of esters is 1. The van der Waals surface area contributed by atoms with Gasteiger partial charge in [-0.2, -0.15) is 0 Å². The summed E-state index contributed by atoms with van der Waals surface area (Å²) < 4.78 is 4.86. The molecular weight excluding hydrogens is 252 g/mol. The van der Waals surface area contributed by atoms with E-state index in [1.54, 1.807) is 0 Å². The SMILES string of the molecule is COC(=O)C12CC(C(=O)C3(c4ccccc4)CC3)(C1)C2. The average Bonchev–Trinajstić information content (AvgIpc) is 3.17. The highest BCUT2D eigenvalue weighted by atomic mass is 16.5. The fourth-order valence-corrected chi connectivity index (χ4v) is 4.50. The quantitative estimate of drug-likeness (QED) is 0.790. The number of carbonyl (C=O) groups excluding carboxylic acids is 2. The maximum absolute atomic E-state index is 13.0. The molecule has 0 saturated heterocycles. The van der Waals surface area contributed by atoms with Gasteiger partial charge in [0.05, 0.1) is 17.9 Å². The first-order chi connectivity index (χ1) is 9.57. The Morgan fingerprint density at radius 3 is 2.10 bits per heavy atom. The van der Waals surface area contributed by atoms with Crippen molar-refractivity contribution in [1.29, 1.82) is 0 Å². The monoisotopic (exact) mass is 270 g/mol. The molecule has 104 valence electrons. The fraction of sp³-hybridized carbons (Fsp3) is 0.529. The van der Waals surface area contributed by atoms with Crippen LogP contribution in [0.3, 0.4) is 0 Å². The van der Waals surface area contributed by atoms with Crippen LogP contribution in [0.1, 0.15) is 37.7 Å². The van der Waals surface area contributed by atoms with Crippen LogP contribution in [0.5, 0.6) is 0 Å². The summed E-state index contributed by atoms with van der Waals surface area (Å²) in [5.74, 6) is 0.249. The maximum Gasteiger partial charge on any atom is 0.311 e. The number of methoxy groups -OCH3 is 1. The summed E-state index contributed by atoms with van der Waals surface area (Å²) in [6, 6.07) is 10.1. The predicted molar refractivity (Wildman–Crippen MR) is 73.1 cm³/mol. The third-order valence-electron chi connectivity index (χ3n) is 5.64. The van der Waals surface area contributed by atoms with E-state index in [-0.39, 0.29) is 22.2 Å². The second kappa shape index (κ2) is 3.51. The Hall–Kier alpha value is -1.64. The van der Waals surface area contributed by atoms with Gasteiger partial charge in [-0.15, -0.1) is 0 Å². The van der Waals surface area contributed by atoms with Gasteiger partial charge in [0.1, 0.15) is 5.78 Å². The standard InChI is InChI=1S/C17H18O3/c1-20-14(19)16-9-15(10-16,11-16)13(18)17(7-8-17)12-5-3-2-4-6-12/h2-6H,7-11H2,1H3. The molecule has 3 nitrogen and oxygen atoms in total. The summed E-state index contributed by atoms with van der Waals surface area (Å²) in [6.45, 7) is 0. The van der Waals surface area contributed by atoms with Gasteiger partial charge in [0, 0.05) is 5.41 Å². The molecule has 2 bridgehead atoms. The molecule has 4 fully saturated rings. The van der Waals surface area contributed by atoms with Gasteiger partial charge < -0.3 is 4.74 Å². The van der Waals surface area contributed by atoms with E-state index in [0.717, 1.165) is 18.4 Å². The molecule has 0 aromatic heterocycles. The lowest BCUT2D eigenvalue weighted by atomic mass is 9.33. The molecule has 4 aliphatic carbocycles. The second-order valence-corrected chi connectivity index (χ2v) is 6.86. The van der Waals surface area contributed by atoms with E-state index in [4.69, 9.17) is 4.74 Å². The van der Waals surface area contributed by atoms with Crippen LogP contribution in [0.15, 0.2) is 30.3 Å². The Kier molecular flexibility index (Phi) is 2.13. The van der Waals surface area contributed by atoms with Gasteiger partial charge in [-0.05, 0) is 37.7 Å². The highest BCUT2D eigenvalue weighted by molar-refractivity contribution is 6.02. The fourth-order valence-electron chi connectivity index (χ4n) is 4.50. The molecule has 0 atom stereocenters. The number of benzene rings is 1. The largest absolute Gasteiger partial charge is 0.469 e. The lowest BCUT2D eigenvalue weighted by molar-refractivity contribution is -0.223.